The number of thioether (sulfide) groups is 1. The fraction of sp³-hybridized carbons (Fsp3) is 0.417. The van der Waals surface area contributed by atoms with Crippen LogP contribution in [0.15, 0.2) is 35.4 Å². The Morgan fingerprint density at radius 3 is 2.91 bits per heavy atom. The molecule has 0 saturated carbocycles. The number of pyridine rings is 3. The Balaban J connectivity index is 1.13. The van der Waals surface area contributed by atoms with Gasteiger partial charge in [0.25, 0.3) is 0 Å². The standard InChI is InChI=1S/C24H27ClN6O2S/c1-33-22-5-3-19-23(30-22)17(18(25)13-27-19)8-11-31-9-6-15(7-10-31)26-12-16-2-4-20-24(28-16)29-21(32)14-34-20/h2-5,13,15,26H,6-12,14H2,1H3,(H,28,29,32). The van der Waals surface area contributed by atoms with Gasteiger partial charge >= 0.3 is 0 Å². The first kappa shape index (κ1) is 23.3. The van der Waals surface area contributed by atoms with E-state index in [-0.39, 0.29) is 5.91 Å². The predicted octanol–water partition coefficient (Wildman–Crippen LogP) is 3.53. The van der Waals surface area contributed by atoms with Crippen LogP contribution in [0.5, 0.6) is 5.88 Å². The number of likely N-dealkylation sites (tertiary alicyclic amines) is 1. The summed E-state index contributed by atoms with van der Waals surface area (Å²) >= 11 is 8.02. The van der Waals surface area contributed by atoms with E-state index in [4.69, 9.17) is 16.3 Å². The van der Waals surface area contributed by atoms with Crippen molar-refractivity contribution in [3.63, 3.8) is 0 Å². The van der Waals surface area contributed by atoms with Crippen LogP contribution in [0.2, 0.25) is 5.02 Å². The van der Waals surface area contributed by atoms with E-state index in [0.717, 1.165) is 66.1 Å². The Labute approximate surface area is 207 Å². The van der Waals surface area contributed by atoms with Gasteiger partial charge in [-0.05, 0) is 50.6 Å². The van der Waals surface area contributed by atoms with Gasteiger partial charge in [0.15, 0.2) is 0 Å². The molecule has 0 aromatic carbocycles. The van der Waals surface area contributed by atoms with Crippen LogP contribution in [0, 0.1) is 0 Å². The number of piperidine rings is 1. The van der Waals surface area contributed by atoms with Crippen molar-refractivity contribution in [3.8, 4) is 5.88 Å². The molecular formula is C24H27ClN6O2S. The smallest absolute Gasteiger partial charge is 0.235 e. The lowest BCUT2D eigenvalue weighted by Gasteiger charge is -2.32. The van der Waals surface area contributed by atoms with E-state index in [1.165, 1.54) is 11.8 Å². The topological polar surface area (TPSA) is 92.3 Å². The molecule has 8 nitrogen and oxygen atoms in total. The zero-order valence-electron chi connectivity index (χ0n) is 19.0. The number of hydrogen-bond donors (Lipinski definition) is 2. The van der Waals surface area contributed by atoms with Crippen molar-refractivity contribution in [2.24, 2.45) is 0 Å². The first-order valence-electron chi connectivity index (χ1n) is 11.5. The van der Waals surface area contributed by atoms with E-state index in [9.17, 15) is 4.79 Å². The summed E-state index contributed by atoms with van der Waals surface area (Å²) in [6.07, 6.45) is 4.68. The van der Waals surface area contributed by atoms with Crippen LogP contribution in [0.25, 0.3) is 11.0 Å². The van der Waals surface area contributed by atoms with Gasteiger partial charge in [0.1, 0.15) is 5.82 Å². The number of carbonyl (C=O) groups is 1. The minimum atomic E-state index is 0.0125. The molecule has 34 heavy (non-hydrogen) atoms. The van der Waals surface area contributed by atoms with E-state index in [0.29, 0.717) is 35.1 Å². The maximum atomic E-state index is 11.6. The van der Waals surface area contributed by atoms with Gasteiger partial charge in [0.05, 0.1) is 39.5 Å². The second-order valence-corrected chi connectivity index (χ2v) is 9.96. The zero-order valence-corrected chi connectivity index (χ0v) is 20.6. The van der Waals surface area contributed by atoms with Gasteiger partial charge in [-0.15, -0.1) is 11.8 Å². The summed E-state index contributed by atoms with van der Waals surface area (Å²) in [5, 5.41) is 7.15. The zero-order chi connectivity index (χ0) is 23.5. The molecule has 2 aliphatic rings. The third-order valence-corrected chi connectivity index (χ3v) is 7.69. The molecule has 1 amide bonds. The number of hydrogen-bond acceptors (Lipinski definition) is 8. The molecule has 0 atom stereocenters. The largest absolute Gasteiger partial charge is 0.481 e. The molecule has 0 unspecified atom stereocenters. The number of methoxy groups -OCH3 is 1. The van der Waals surface area contributed by atoms with Gasteiger partial charge < -0.3 is 20.3 Å². The van der Waals surface area contributed by atoms with Crippen molar-refractivity contribution in [1.82, 2.24) is 25.2 Å². The van der Waals surface area contributed by atoms with Crippen LogP contribution in [0.3, 0.4) is 0 Å². The lowest BCUT2D eigenvalue weighted by atomic mass is 10.0. The van der Waals surface area contributed by atoms with Gasteiger partial charge in [-0.1, -0.05) is 11.6 Å². The summed E-state index contributed by atoms with van der Waals surface area (Å²) in [7, 11) is 1.61. The van der Waals surface area contributed by atoms with Crippen molar-refractivity contribution >= 4 is 46.1 Å². The van der Waals surface area contributed by atoms with Crippen molar-refractivity contribution in [1.29, 1.82) is 0 Å². The molecule has 0 spiro atoms. The molecule has 3 aromatic heterocycles. The first-order valence-corrected chi connectivity index (χ1v) is 12.8. The second-order valence-electron chi connectivity index (χ2n) is 8.54. The number of nitrogens with zero attached hydrogens (tertiary/aromatic N) is 4. The van der Waals surface area contributed by atoms with Crippen LogP contribution in [0.1, 0.15) is 24.1 Å². The summed E-state index contributed by atoms with van der Waals surface area (Å²) in [5.74, 6) is 1.72. The number of amides is 1. The summed E-state index contributed by atoms with van der Waals surface area (Å²) in [5.41, 5.74) is 3.62. The maximum Gasteiger partial charge on any atom is 0.235 e. The molecule has 5 rings (SSSR count). The number of halogens is 1. The lowest BCUT2D eigenvalue weighted by Crippen LogP contribution is -2.43. The average molecular weight is 499 g/mol. The Morgan fingerprint density at radius 2 is 2.09 bits per heavy atom. The molecular weight excluding hydrogens is 472 g/mol. The first-order chi connectivity index (χ1) is 16.6. The molecule has 2 aliphatic heterocycles. The van der Waals surface area contributed by atoms with E-state index in [1.807, 2.05) is 24.3 Å². The van der Waals surface area contributed by atoms with Gasteiger partial charge in [-0.3, -0.25) is 9.78 Å². The minimum absolute atomic E-state index is 0.0125. The van der Waals surface area contributed by atoms with Gasteiger partial charge in [-0.25, -0.2) is 9.97 Å². The third kappa shape index (κ3) is 5.27. The Hall–Kier alpha value is -2.46. The highest BCUT2D eigenvalue weighted by atomic mass is 35.5. The van der Waals surface area contributed by atoms with E-state index < -0.39 is 0 Å². The Morgan fingerprint density at radius 1 is 1.24 bits per heavy atom. The summed E-state index contributed by atoms with van der Waals surface area (Å²) < 4.78 is 5.29. The quantitative estimate of drug-likeness (QED) is 0.511. The molecule has 178 valence electrons. The number of anilines is 1. The van der Waals surface area contributed by atoms with Crippen LogP contribution in [0.4, 0.5) is 5.82 Å². The molecule has 2 N–H and O–H groups in total. The predicted molar refractivity (Wildman–Crippen MR) is 135 cm³/mol. The summed E-state index contributed by atoms with van der Waals surface area (Å²) in [4.78, 5) is 28.7. The van der Waals surface area contributed by atoms with Gasteiger partial charge in [0.2, 0.25) is 11.8 Å². The number of fused-ring (bicyclic) bond motifs is 2. The SMILES string of the molecule is COc1ccc2ncc(Cl)c(CCN3CCC(NCc4ccc5c(n4)NC(=O)CS5)CC3)c2n1. The number of carbonyl (C=O) groups excluding carboxylic acids is 1. The third-order valence-electron chi connectivity index (χ3n) is 6.32. The number of nitrogens with one attached hydrogen (secondary N) is 2. The molecule has 0 radical (unpaired) electrons. The second kappa shape index (κ2) is 10.4. The average Bonchev–Trinajstić information content (AvgIpc) is 2.87. The fourth-order valence-corrected chi connectivity index (χ4v) is 5.40. The van der Waals surface area contributed by atoms with Crippen LogP contribution in [-0.2, 0) is 17.8 Å². The minimum Gasteiger partial charge on any atom is -0.481 e. The highest BCUT2D eigenvalue weighted by Crippen LogP contribution is 2.30. The molecule has 5 heterocycles. The Bertz CT molecular complexity index is 1200. The maximum absolute atomic E-state index is 11.6. The molecule has 1 saturated heterocycles. The Kier molecular flexibility index (Phi) is 7.15. The van der Waals surface area contributed by atoms with E-state index in [1.54, 1.807) is 13.3 Å². The summed E-state index contributed by atoms with van der Waals surface area (Å²) in [6.45, 7) is 3.68. The van der Waals surface area contributed by atoms with E-state index in [2.05, 4.69) is 30.5 Å². The normalized spacial score (nSPS) is 16.9. The number of rotatable bonds is 7. The van der Waals surface area contributed by atoms with Gasteiger partial charge in [0, 0.05) is 37.0 Å². The fourth-order valence-electron chi connectivity index (χ4n) is 4.41. The van der Waals surface area contributed by atoms with Crippen LogP contribution < -0.4 is 15.4 Å². The van der Waals surface area contributed by atoms with Crippen molar-refractivity contribution in [2.45, 2.75) is 36.7 Å². The molecule has 1 fully saturated rings. The van der Waals surface area contributed by atoms with Gasteiger partial charge in [-0.2, -0.15) is 0 Å². The molecule has 0 bridgehead atoms. The lowest BCUT2D eigenvalue weighted by molar-refractivity contribution is -0.113. The monoisotopic (exact) mass is 498 g/mol. The highest BCUT2D eigenvalue weighted by molar-refractivity contribution is 8.00. The molecule has 10 heteroatoms. The van der Waals surface area contributed by atoms with Crippen molar-refractivity contribution in [3.05, 3.63) is 46.7 Å². The molecule has 3 aromatic rings. The highest BCUT2D eigenvalue weighted by Gasteiger charge is 2.21. The number of ether oxygens (including phenoxy) is 1. The van der Waals surface area contributed by atoms with Crippen molar-refractivity contribution < 1.29 is 9.53 Å². The van der Waals surface area contributed by atoms with Crippen LogP contribution in [-0.4, -0.2) is 64.3 Å². The summed E-state index contributed by atoms with van der Waals surface area (Å²) in [6, 6.07) is 8.28. The molecule has 0 aliphatic carbocycles. The van der Waals surface area contributed by atoms with Crippen molar-refractivity contribution in [2.75, 3.05) is 37.8 Å². The van der Waals surface area contributed by atoms with Crippen LogP contribution >= 0.6 is 23.4 Å². The number of aromatic nitrogens is 3. The van der Waals surface area contributed by atoms with E-state index >= 15 is 0 Å².